The number of nitrogens with zero attached hydrogens (tertiary/aromatic N) is 3. The van der Waals surface area contributed by atoms with E-state index in [-0.39, 0.29) is 17.8 Å². The van der Waals surface area contributed by atoms with Gasteiger partial charge in [0.15, 0.2) is 5.11 Å². The van der Waals surface area contributed by atoms with Gasteiger partial charge in [0.1, 0.15) is 23.3 Å². The zero-order chi connectivity index (χ0) is 23.7. The first-order valence-electron chi connectivity index (χ1n) is 10.5. The van der Waals surface area contributed by atoms with Crippen LogP contribution in [0.2, 0.25) is 0 Å². The second kappa shape index (κ2) is 8.95. The molecule has 34 heavy (non-hydrogen) atoms. The van der Waals surface area contributed by atoms with Gasteiger partial charge in [-0.25, -0.2) is 0 Å². The molecule has 1 fully saturated rings. The summed E-state index contributed by atoms with van der Waals surface area (Å²) in [5.74, 6) is 2.00. The maximum absolute atomic E-state index is 11.0. The highest BCUT2D eigenvalue weighted by molar-refractivity contribution is 7.80. The zero-order valence-corrected chi connectivity index (χ0v) is 18.9. The Morgan fingerprint density at radius 3 is 2.62 bits per heavy atom. The lowest BCUT2D eigenvalue weighted by Crippen LogP contribution is -2.29. The van der Waals surface area contributed by atoms with Gasteiger partial charge in [0, 0.05) is 35.6 Å². The molecule has 0 saturated carbocycles. The standard InChI is InChI=1S/C25H20N4O4S/c1-32-19-6-4-5-18(15-19)28-24(23(27-25(28)34)20-7-2-3-14-26-20)22-13-12-21(33-22)16-8-10-17(11-9-16)29(30)31/h2-15,23-24H,1H3,(H,27,34)/t23-,24+/m1/s1. The average Bonchev–Trinajstić information content (AvgIpc) is 3.49. The molecule has 1 aliphatic heterocycles. The Bertz CT molecular complexity index is 1340. The number of rotatable bonds is 6. The number of ether oxygens (including phenoxy) is 1. The van der Waals surface area contributed by atoms with Gasteiger partial charge in [-0.15, -0.1) is 0 Å². The number of furan rings is 1. The number of thiocarbonyl (C=S) groups is 1. The SMILES string of the molecule is COc1cccc(N2C(=S)N[C@H](c3ccccn3)[C@@H]2c2ccc(-c3ccc([N+](=O)[O-])cc3)o2)c1. The highest BCUT2D eigenvalue weighted by atomic mass is 32.1. The van der Waals surface area contributed by atoms with Crippen molar-refractivity contribution in [2.24, 2.45) is 0 Å². The van der Waals surface area contributed by atoms with Crippen molar-refractivity contribution in [2.75, 3.05) is 12.0 Å². The quantitative estimate of drug-likeness (QED) is 0.225. The molecule has 3 heterocycles. The number of anilines is 1. The van der Waals surface area contributed by atoms with E-state index in [1.165, 1.54) is 12.1 Å². The van der Waals surface area contributed by atoms with Gasteiger partial charge < -0.3 is 19.4 Å². The van der Waals surface area contributed by atoms with Gasteiger partial charge in [0.2, 0.25) is 0 Å². The minimum Gasteiger partial charge on any atom is -0.497 e. The van der Waals surface area contributed by atoms with Gasteiger partial charge in [-0.1, -0.05) is 12.1 Å². The van der Waals surface area contributed by atoms with E-state index in [1.54, 1.807) is 25.4 Å². The first-order valence-corrected chi connectivity index (χ1v) is 11.0. The van der Waals surface area contributed by atoms with Crippen LogP contribution in [0.5, 0.6) is 5.75 Å². The number of benzene rings is 2. The summed E-state index contributed by atoms with van der Waals surface area (Å²) in [6.45, 7) is 0. The van der Waals surface area contributed by atoms with E-state index in [9.17, 15) is 10.1 Å². The molecule has 0 bridgehead atoms. The van der Waals surface area contributed by atoms with Gasteiger partial charge in [0.05, 0.1) is 23.8 Å². The van der Waals surface area contributed by atoms with E-state index in [4.69, 9.17) is 21.4 Å². The van der Waals surface area contributed by atoms with Crippen LogP contribution in [0.25, 0.3) is 11.3 Å². The highest BCUT2D eigenvalue weighted by Gasteiger charge is 2.42. The van der Waals surface area contributed by atoms with Gasteiger partial charge in [0.25, 0.3) is 5.69 Å². The fraction of sp³-hybridized carbons (Fsp3) is 0.120. The molecule has 0 aliphatic carbocycles. The van der Waals surface area contributed by atoms with Crippen LogP contribution in [0, 0.1) is 10.1 Å². The monoisotopic (exact) mass is 472 g/mol. The molecule has 2 aromatic carbocycles. The first-order chi connectivity index (χ1) is 16.5. The second-order valence-electron chi connectivity index (χ2n) is 7.70. The molecule has 0 radical (unpaired) electrons. The number of hydrogen-bond acceptors (Lipinski definition) is 6. The van der Waals surface area contributed by atoms with Crippen LogP contribution in [0.15, 0.2) is 89.5 Å². The predicted molar refractivity (Wildman–Crippen MR) is 132 cm³/mol. The van der Waals surface area contributed by atoms with Crippen LogP contribution >= 0.6 is 12.2 Å². The Morgan fingerprint density at radius 1 is 1.09 bits per heavy atom. The summed E-state index contributed by atoms with van der Waals surface area (Å²) < 4.78 is 11.7. The molecular formula is C25H20N4O4S. The third kappa shape index (κ3) is 3.97. The van der Waals surface area contributed by atoms with Crippen molar-refractivity contribution in [3.63, 3.8) is 0 Å². The van der Waals surface area contributed by atoms with E-state index in [0.717, 1.165) is 16.9 Å². The lowest BCUT2D eigenvalue weighted by atomic mass is 10.0. The summed E-state index contributed by atoms with van der Waals surface area (Å²) in [7, 11) is 1.62. The molecule has 2 atom stereocenters. The Labute approximate surface area is 201 Å². The van der Waals surface area contributed by atoms with E-state index in [2.05, 4.69) is 10.3 Å². The molecule has 1 N–H and O–H groups in total. The minimum absolute atomic E-state index is 0.0280. The fourth-order valence-electron chi connectivity index (χ4n) is 4.10. The number of nitrogens with one attached hydrogen (secondary N) is 1. The number of hydrogen-bond donors (Lipinski definition) is 1. The molecule has 0 amide bonds. The van der Waals surface area contributed by atoms with Crippen molar-refractivity contribution in [1.82, 2.24) is 10.3 Å². The topological polar surface area (TPSA) is 93.7 Å². The van der Waals surface area contributed by atoms with Crippen molar-refractivity contribution in [2.45, 2.75) is 12.1 Å². The van der Waals surface area contributed by atoms with E-state index in [1.807, 2.05) is 59.5 Å². The Hall–Kier alpha value is -4.24. The molecule has 5 rings (SSSR count). The van der Waals surface area contributed by atoms with Gasteiger partial charge in [-0.2, -0.15) is 0 Å². The molecule has 8 nitrogen and oxygen atoms in total. The Balaban J connectivity index is 1.57. The lowest BCUT2D eigenvalue weighted by molar-refractivity contribution is -0.384. The summed E-state index contributed by atoms with van der Waals surface area (Å²) in [5, 5.41) is 14.9. The zero-order valence-electron chi connectivity index (χ0n) is 18.1. The number of nitro benzene ring substituents is 1. The fourth-order valence-corrected chi connectivity index (χ4v) is 4.44. The van der Waals surface area contributed by atoms with Crippen LogP contribution in [-0.2, 0) is 0 Å². The molecule has 170 valence electrons. The molecule has 4 aromatic rings. The molecule has 0 spiro atoms. The molecule has 9 heteroatoms. The molecule has 1 saturated heterocycles. The van der Waals surface area contributed by atoms with Crippen molar-refractivity contribution in [3.05, 3.63) is 107 Å². The first kappa shape index (κ1) is 21.6. The summed E-state index contributed by atoms with van der Waals surface area (Å²) in [4.78, 5) is 17.1. The van der Waals surface area contributed by atoms with Crippen molar-refractivity contribution in [1.29, 1.82) is 0 Å². The minimum atomic E-state index is -0.425. The van der Waals surface area contributed by atoms with Gasteiger partial charge >= 0.3 is 0 Å². The summed E-state index contributed by atoms with van der Waals surface area (Å²) in [6, 6.07) is 22.9. The normalized spacial score (nSPS) is 17.4. The number of methoxy groups -OCH3 is 1. The van der Waals surface area contributed by atoms with Crippen LogP contribution in [-0.4, -0.2) is 22.1 Å². The van der Waals surface area contributed by atoms with Crippen LogP contribution in [0.1, 0.15) is 23.5 Å². The average molecular weight is 473 g/mol. The number of nitro groups is 1. The smallest absolute Gasteiger partial charge is 0.269 e. The van der Waals surface area contributed by atoms with Gasteiger partial charge in [-0.3, -0.25) is 15.1 Å². The summed E-state index contributed by atoms with van der Waals surface area (Å²) >= 11 is 5.74. The van der Waals surface area contributed by atoms with Crippen molar-refractivity contribution >= 4 is 28.7 Å². The summed E-state index contributed by atoms with van der Waals surface area (Å²) in [6.07, 6.45) is 1.75. The second-order valence-corrected chi connectivity index (χ2v) is 8.09. The number of aromatic nitrogens is 1. The maximum atomic E-state index is 11.0. The third-order valence-electron chi connectivity index (χ3n) is 5.71. The third-order valence-corrected chi connectivity index (χ3v) is 6.03. The van der Waals surface area contributed by atoms with E-state index >= 15 is 0 Å². The van der Waals surface area contributed by atoms with Crippen molar-refractivity contribution in [3.8, 4) is 17.1 Å². The number of non-ortho nitro benzene ring substituents is 1. The largest absolute Gasteiger partial charge is 0.497 e. The van der Waals surface area contributed by atoms with E-state index in [0.29, 0.717) is 22.4 Å². The van der Waals surface area contributed by atoms with Gasteiger partial charge in [-0.05, 0) is 60.7 Å². The summed E-state index contributed by atoms with van der Waals surface area (Å²) in [5.41, 5.74) is 2.45. The van der Waals surface area contributed by atoms with Crippen LogP contribution < -0.4 is 15.0 Å². The number of pyridine rings is 1. The highest BCUT2D eigenvalue weighted by Crippen LogP contribution is 2.43. The van der Waals surface area contributed by atoms with Crippen LogP contribution in [0.4, 0.5) is 11.4 Å². The Morgan fingerprint density at radius 2 is 1.91 bits per heavy atom. The Kier molecular flexibility index (Phi) is 5.69. The molecule has 0 unspecified atom stereocenters. The van der Waals surface area contributed by atoms with Crippen molar-refractivity contribution < 1.29 is 14.1 Å². The molecule has 2 aromatic heterocycles. The molecular weight excluding hydrogens is 452 g/mol. The van der Waals surface area contributed by atoms with Crippen LogP contribution in [0.3, 0.4) is 0 Å². The van der Waals surface area contributed by atoms with E-state index < -0.39 is 4.92 Å². The molecule has 1 aliphatic rings. The predicted octanol–water partition coefficient (Wildman–Crippen LogP) is 5.44. The maximum Gasteiger partial charge on any atom is 0.269 e. The lowest BCUT2D eigenvalue weighted by Gasteiger charge is -2.26.